The van der Waals surface area contributed by atoms with Gasteiger partial charge in [0.25, 0.3) is 0 Å². The van der Waals surface area contributed by atoms with Gasteiger partial charge in [0.2, 0.25) is 0 Å². The predicted octanol–water partition coefficient (Wildman–Crippen LogP) is 4.02. The van der Waals surface area contributed by atoms with E-state index in [0.717, 1.165) is 6.54 Å². The highest BCUT2D eigenvalue weighted by Crippen LogP contribution is 2.31. The quantitative estimate of drug-likeness (QED) is 0.773. The molecule has 0 N–H and O–H groups in total. The molecular formula is C15H18N2S2. The zero-order chi connectivity index (χ0) is 13.7. The number of nitrogens with zero attached hydrogens (tertiary/aromatic N) is 2. The van der Waals surface area contributed by atoms with Gasteiger partial charge in [-0.05, 0) is 56.2 Å². The Morgan fingerprint density at radius 2 is 1.74 bits per heavy atom. The summed E-state index contributed by atoms with van der Waals surface area (Å²) in [4.78, 5) is 10.2. The molecule has 0 bridgehead atoms. The van der Waals surface area contributed by atoms with Gasteiger partial charge in [-0.15, -0.1) is 11.8 Å². The lowest BCUT2D eigenvalue weighted by molar-refractivity contribution is 0.398. The number of aromatic nitrogens is 1. The second kappa shape index (κ2) is 6.98. The zero-order valence-corrected chi connectivity index (χ0v) is 13.1. The smallest absolute Gasteiger partial charge is 0.0324 e. The summed E-state index contributed by atoms with van der Waals surface area (Å²) >= 11 is 3.57. The molecule has 0 aliphatic rings. The summed E-state index contributed by atoms with van der Waals surface area (Å²) in [6.45, 7) is 0.916. The van der Waals surface area contributed by atoms with Crippen molar-refractivity contribution in [2.75, 3.05) is 20.4 Å². The van der Waals surface area contributed by atoms with Crippen LogP contribution in [0.5, 0.6) is 0 Å². The summed E-state index contributed by atoms with van der Waals surface area (Å²) in [5.74, 6) is 0. The molecule has 0 spiro atoms. The molecule has 100 valence electrons. The molecule has 0 saturated carbocycles. The van der Waals surface area contributed by atoms with E-state index in [1.54, 1.807) is 23.5 Å². The van der Waals surface area contributed by atoms with Crippen LogP contribution < -0.4 is 0 Å². The first-order chi connectivity index (χ1) is 9.19. The number of hydrogen-bond donors (Lipinski definition) is 0. The summed E-state index contributed by atoms with van der Waals surface area (Å²) in [6.07, 6.45) is 5.91. The van der Waals surface area contributed by atoms with Gasteiger partial charge in [0.05, 0.1) is 0 Å². The standard InChI is InChI=1S/C15H18N2S2/c1-17(2)11-12-10-16-9-8-15(12)19-14-6-4-13(18-3)5-7-14/h4-10H,11H2,1-3H3. The maximum absolute atomic E-state index is 4.22. The first-order valence-corrected chi connectivity index (χ1v) is 8.12. The topological polar surface area (TPSA) is 16.1 Å². The van der Waals surface area contributed by atoms with Gasteiger partial charge in [-0.3, -0.25) is 4.98 Å². The summed E-state index contributed by atoms with van der Waals surface area (Å²) in [5, 5.41) is 0. The molecule has 1 aromatic heterocycles. The second-order valence-corrected chi connectivity index (χ2v) is 6.49. The van der Waals surface area contributed by atoms with Gasteiger partial charge in [0, 0.05) is 33.6 Å². The molecule has 0 fully saturated rings. The lowest BCUT2D eigenvalue weighted by atomic mass is 10.3. The molecule has 0 saturated heterocycles. The van der Waals surface area contributed by atoms with Crippen LogP contribution in [0.4, 0.5) is 0 Å². The molecule has 4 heteroatoms. The van der Waals surface area contributed by atoms with E-state index >= 15 is 0 Å². The van der Waals surface area contributed by atoms with Gasteiger partial charge < -0.3 is 4.90 Å². The monoisotopic (exact) mass is 290 g/mol. The van der Waals surface area contributed by atoms with E-state index < -0.39 is 0 Å². The second-order valence-electron chi connectivity index (χ2n) is 4.50. The van der Waals surface area contributed by atoms with Crippen molar-refractivity contribution in [3.8, 4) is 0 Å². The Morgan fingerprint density at radius 1 is 1.05 bits per heavy atom. The fourth-order valence-electron chi connectivity index (χ4n) is 1.74. The summed E-state index contributed by atoms with van der Waals surface area (Å²) < 4.78 is 0. The highest BCUT2D eigenvalue weighted by molar-refractivity contribution is 7.99. The van der Waals surface area contributed by atoms with Crippen LogP contribution in [0.1, 0.15) is 5.56 Å². The van der Waals surface area contributed by atoms with E-state index in [2.05, 4.69) is 60.6 Å². The molecule has 2 nitrogen and oxygen atoms in total. The van der Waals surface area contributed by atoms with E-state index in [0.29, 0.717) is 0 Å². The molecular weight excluding hydrogens is 272 g/mol. The summed E-state index contributed by atoms with van der Waals surface area (Å²) in [6, 6.07) is 10.8. The largest absolute Gasteiger partial charge is 0.305 e. The Balaban J connectivity index is 2.17. The molecule has 0 unspecified atom stereocenters. The lowest BCUT2D eigenvalue weighted by Gasteiger charge is -2.13. The van der Waals surface area contributed by atoms with E-state index in [1.807, 2.05) is 12.4 Å². The van der Waals surface area contributed by atoms with E-state index in [9.17, 15) is 0 Å². The highest BCUT2D eigenvalue weighted by atomic mass is 32.2. The molecule has 2 aromatic rings. The van der Waals surface area contributed by atoms with E-state index in [-0.39, 0.29) is 0 Å². The first kappa shape index (κ1) is 14.4. The average molecular weight is 290 g/mol. The minimum Gasteiger partial charge on any atom is -0.305 e. The molecule has 0 atom stereocenters. The fourth-order valence-corrected chi connectivity index (χ4v) is 3.06. The number of pyridine rings is 1. The molecule has 2 rings (SSSR count). The van der Waals surface area contributed by atoms with Gasteiger partial charge in [0.1, 0.15) is 0 Å². The van der Waals surface area contributed by atoms with Crippen LogP contribution in [0.15, 0.2) is 57.4 Å². The molecule has 0 amide bonds. The number of rotatable bonds is 5. The van der Waals surface area contributed by atoms with Gasteiger partial charge in [-0.25, -0.2) is 0 Å². The van der Waals surface area contributed by atoms with Crippen LogP contribution in [-0.2, 0) is 6.54 Å². The van der Waals surface area contributed by atoms with Gasteiger partial charge in [-0.2, -0.15) is 0 Å². The molecule has 0 radical (unpaired) electrons. The van der Waals surface area contributed by atoms with Crippen LogP contribution >= 0.6 is 23.5 Å². The third-order valence-electron chi connectivity index (χ3n) is 2.63. The van der Waals surface area contributed by atoms with Crippen molar-refractivity contribution < 1.29 is 0 Å². The Kier molecular flexibility index (Phi) is 5.31. The molecule has 19 heavy (non-hydrogen) atoms. The third kappa shape index (κ3) is 4.27. The average Bonchev–Trinajstić information content (AvgIpc) is 2.41. The van der Waals surface area contributed by atoms with Crippen molar-refractivity contribution in [3.05, 3.63) is 48.3 Å². The Bertz CT molecular complexity index is 524. The number of thioether (sulfide) groups is 1. The van der Waals surface area contributed by atoms with Crippen molar-refractivity contribution in [2.24, 2.45) is 0 Å². The lowest BCUT2D eigenvalue weighted by Crippen LogP contribution is -2.11. The van der Waals surface area contributed by atoms with Gasteiger partial charge >= 0.3 is 0 Å². The number of benzene rings is 1. The molecule has 1 aromatic carbocycles. The van der Waals surface area contributed by atoms with Crippen LogP contribution in [0.2, 0.25) is 0 Å². The SMILES string of the molecule is CSc1ccc(Sc2ccncc2CN(C)C)cc1. The fraction of sp³-hybridized carbons (Fsp3) is 0.267. The Morgan fingerprint density at radius 3 is 2.37 bits per heavy atom. The van der Waals surface area contributed by atoms with Crippen molar-refractivity contribution in [1.82, 2.24) is 9.88 Å². The minimum atomic E-state index is 0.916. The molecule has 0 aliphatic carbocycles. The van der Waals surface area contributed by atoms with Crippen molar-refractivity contribution in [3.63, 3.8) is 0 Å². The van der Waals surface area contributed by atoms with Crippen molar-refractivity contribution in [1.29, 1.82) is 0 Å². The maximum Gasteiger partial charge on any atom is 0.0324 e. The third-order valence-corrected chi connectivity index (χ3v) is 4.50. The van der Waals surface area contributed by atoms with Crippen LogP contribution in [0.3, 0.4) is 0 Å². The van der Waals surface area contributed by atoms with Crippen LogP contribution in [0, 0.1) is 0 Å². The van der Waals surface area contributed by atoms with Gasteiger partial charge in [-0.1, -0.05) is 11.8 Å². The van der Waals surface area contributed by atoms with Crippen LogP contribution in [0.25, 0.3) is 0 Å². The predicted molar refractivity (Wildman–Crippen MR) is 84.0 cm³/mol. The highest BCUT2D eigenvalue weighted by Gasteiger charge is 2.05. The Hall–Kier alpha value is -0.970. The normalized spacial score (nSPS) is 10.9. The molecule has 0 aliphatic heterocycles. The van der Waals surface area contributed by atoms with Crippen LogP contribution in [-0.4, -0.2) is 30.2 Å². The van der Waals surface area contributed by atoms with E-state index in [4.69, 9.17) is 0 Å². The summed E-state index contributed by atoms with van der Waals surface area (Å²) in [5.41, 5.74) is 1.27. The maximum atomic E-state index is 4.22. The van der Waals surface area contributed by atoms with E-state index in [1.165, 1.54) is 20.2 Å². The zero-order valence-electron chi connectivity index (χ0n) is 11.5. The number of hydrogen-bond acceptors (Lipinski definition) is 4. The van der Waals surface area contributed by atoms with Gasteiger partial charge in [0.15, 0.2) is 0 Å². The van der Waals surface area contributed by atoms with Crippen molar-refractivity contribution in [2.45, 2.75) is 21.2 Å². The molecule has 1 heterocycles. The Labute approximate surface area is 123 Å². The first-order valence-electron chi connectivity index (χ1n) is 6.08. The minimum absolute atomic E-state index is 0.916. The summed E-state index contributed by atoms with van der Waals surface area (Å²) in [7, 11) is 4.16. The van der Waals surface area contributed by atoms with Crippen molar-refractivity contribution >= 4 is 23.5 Å².